The van der Waals surface area contributed by atoms with Crippen molar-refractivity contribution < 1.29 is 14.3 Å². The van der Waals surface area contributed by atoms with Gasteiger partial charge in [-0.3, -0.25) is 0 Å². The Kier molecular flexibility index (Phi) is 5.32. The molecule has 1 aromatic carbocycles. The zero-order valence-electron chi connectivity index (χ0n) is 13.2. The molecular formula is C17H20FN3O2S. The smallest absolute Gasteiger partial charge is 0.319 e. The van der Waals surface area contributed by atoms with Crippen LogP contribution >= 0.6 is 11.3 Å². The van der Waals surface area contributed by atoms with Crippen LogP contribution in [-0.4, -0.2) is 30.8 Å². The molecule has 7 heteroatoms. The zero-order chi connectivity index (χ0) is 16.9. The number of halogens is 1. The number of rotatable bonds is 5. The lowest BCUT2D eigenvalue weighted by molar-refractivity contribution is 0.175. The van der Waals surface area contributed by atoms with Gasteiger partial charge in [0.1, 0.15) is 5.82 Å². The molecule has 1 saturated heterocycles. The van der Waals surface area contributed by atoms with Gasteiger partial charge in [0.2, 0.25) is 0 Å². The first kappa shape index (κ1) is 16.7. The van der Waals surface area contributed by atoms with Gasteiger partial charge in [-0.05, 0) is 53.4 Å². The van der Waals surface area contributed by atoms with Gasteiger partial charge in [-0.25, -0.2) is 9.18 Å². The Balaban J connectivity index is 1.57. The van der Waals surface area contributed by atoms with Crippen molar-refractivity contribution >= 4 is 28.7 Å². The molecule has 3 rings (SSSR count). The minimum absolute atomic E-state index is 0.0941. The van der Waals surface area contributed by atoms with Crippen molar-refractivity contribution in [2.45, 2.75) is 18.9 Å². The van der Waals surface area contributed by atoms with Crippen molar-refractivity contribution in [3.63, 3.8) is 0 Å². The highest BCUT2D eigenvalue weighted by molar-refractivity contribution is 7.07. The van der Waals surface area contributed by atoms with E-state index in [1.54, 1.807) is 6.07 Å². The van der Waals surface area contributed by atoms with E-state index in [0.717, 1.165) is 37.2 Å². The third-order valence-corrected chi connectivity index (χ3v) is 4.70. The summed E-state index contributed by atoms with van der Waals surface area (Å²) in [5, 5.41) is 18.9. The molecule has 1 aromatic heterocycles. The van der Waals surface area contributed by atoms with Gasteiger partial charge in [-0.15, -0.1) is 0 Å². The van der Waals surface area contributed by atoms with Gasteiger partial charge in [-0.2, -0.15) is 11.3 Å². The Hall–Kier alpha value is -2.12. The number of thiophene rings is 1. The number of carbonyl (C=O) groups excluding carboxylic acids is 1. The van der Waals surface area contributed by atoms with Crippen LogP contribution in [-0.2, 0) is 0 Å². The molecule has 24 heavy (non-hydrogen) atoms. The minimum atomic E-state index is -0.755. The van der Waals surface area contributed by atoms with Crippen LogP contribution in [0, 0.1) is 5.82 Å². The molecule has 1 fully saturated rings. The molecule has 0 aliphatic carbocycles. The SMILES string of the molecule is O=C(NC[C@H](O)c1ccsc1)Nc1cc(F)cc(N2CCCC2)c1. The molecule has 2 aromatic rings. The van der Waals surface area contributed by atoms with Crippen molar-refractivity contribution in [1.82, 2.24) is 5.32 Å². The van der Waals surface area contributed by atoms with Crippen molar-refractivity contribution in [2.75, 3.05) is 29.9 Å². The Bertz CT molecular complexity index is 687. The number of urea groups is 1. The fraction of sp³-hybridized carbons (Fsp3) is 0.353. The molecule has 5 nitrogen and oxygen atoms in total. The predicted molar refractivity (Wildman–Crippen MR) is 94.1 cm³/mol. The summed E-state index contributed by atoms with van der Waals surface area (Å²) in [6.45, 7) is 1.90. The summed E-state index contributed by atoms with van der Waals surface area (Å²) in [7, 11) is 0. The molecule has 1 aliphatic rings. The molecule has 0 bridgehead atoms. The van der Waals surface area contributed by atoms with Crippen molar-refractivity contribution in [1.29, 1.82) is 0 Å². The number of benzene rings is 1. The van der Waals surface area contributed by atoms with Gasteiger partial charge in [-0.1, -0.05) is 0 Å². The van der Waals surface area contributed by atoms with E-state index in [0.29, 0.717) is 5.69 Å². The standard InChI is InChI=1S/C17H20FN3O2S/c18-13-7-14(9-15(8-13)21-4-1-2-5-21)20-17(23)19-10-16(22)12-3-6-24-11-12/h3,6-9,11,16,22H,1-2,4-5,10H2,(H2,19,20,23)/t16-/m0/s1. The quantitative estimate of drug-likeness (QED) is 0.776. The van der Waals surface area contributed by atoms with Crippen LogP contribution in [0.1, 0.15) is 24.5 Å². The summed E-state index contributed by atoms with van der Waals surface area (Å²) in [6.07, 6.45) is 1.44. The third-order valence-electron chi connectivity index (χ3n) is 4.00. The van der Waals surface area contributed by atoms with Crippen molar-refractivity contribution in [2.24, 2.45) is 0 Å². The molecule has 128 valence electrons. The van der Waals surface area contributed by atoms with E-state index in [9.17, 15) is 14.3 Å². The summed E-state index contributed by atoms with van der Waals surface area (Å²) < 4.78 is 13.8. The average Bonchev–Trinajstić information content (AvgIpc) is 3.25. The summed E-state index contributed by atoms with van der Waals surface area (Å²) in [5.74, 6) is -0.381. The second-order valence-electron chi connectivity index (χ2n) is 5.80. The summed E-state index contributed by atoms with van der Waals surface area (Å²) in [4.78, 5) is 14.1. The Morgan fingerprint density at radius 1 is 1.33 bits per heavy atom. The highest BCUT2D eigenvalue weighted by Crippen LogP contribution is 2.25. The molecule has 0 radical (unpaired) electrons. The van der Waals surface area contributed by atoms with Crippen LogP contribution in [0.25, 0.3) is 0 Å². The summed E-state index contributed by atoms with van der Waals surface area (Å²) >= 11 is 1.49. The topological polar surface area (TPSA) is 64.6 Å². The normalized spacial score (nSPS) is 15.3. The van der Waals surface area contributed by atoms with Gasteiger partial charge in [0, 0.05) is 31.0 Å². The number of nitrogens with zero attached hydrogens (tertiary/aromatic N) is 1. The maximum Gasteiger partial charge on any atom is 0.319 e. The Labute approximate surface area is 144 Å². The van der Waals surface area contributed by atoms with Crippen molar-refractivity contribution in [3.8, 4) is 0 Å². The van der Waals surface area contributed by atoms with Crippen LogP contribution in [0.4, 0.5) is 20.6 Å². The summed E-state index contributed by atoms with van der Waals surface area (Å²) in [6, 6.07) is 5.87. The highest BCUT2D eigenvalue weighted by Gasteiger charge is 2.15. The van der Waals surface area contributed by atoms with E-state index in [4.69, 9.17) is 0 Å². The number of nitrogens with one attached hydrogen (secondary N) is 2. The third kappa shape index (κ3) is 4.24. The van der Waals surface area contributed by atoms with Gasteiger partial charge in [0.05, 0.1) is 6.10 Å². The van der Waals surface area contributed by atoms with Crippen LogP contribution in [0.3, 0.4) is 0 Å². The lowest BCUT2D eigenvalue weighted by Crippen LogP contribution is -2.32. The number of amides is 2. The number of aliphatic hydroxyl groups is 1. The van der Waals surface area contributed by atoms with E-state index in [1.165, 1.54) is 23.5 Å². The van der Waals surface area contributed by atoms with Crippen LogP contribution in [0.15, 0.2) is 35.0 Å². The number of hydrogen-bond acceptors (Lipinski definition) is 4. The molecular weight excluding hydrogens is 329 g/mol. The van der Waals surface area contributed by atoms with E-state index in [2.05, 4.69) is 15.5 Å². The maximum absolute atomic E-state index is 13.8. The molecule has 2 heterocycles. The monoisotopic (exact) mass is 349 g/mol. The first-order valence-corrected chi connectivity index (χ1v) is 8.86. The van der Waals surface area contributed by atoms with Gasteiger partial charge >= 0.3 is 6.03 Å². The molecule has 0 saturated carbocycles. The molecule has 2 amide bonds. The molecule has 1 aliphatic heterocycles. The van der Waals surface area contributed by atoms with Crippen LogP contribution in [0.2, 0.25) is 0 Å². The molecule has 0 spiro atoms. The summed E-state index contributed by atoms with van der Waals surface area (Å²) in [5.41, 5.74) is 1.95. The zero-order valence-corrected chi connectivity index (χ0v) is 14.0. The van der Waals surface area contributed by atoms with Gasteiger partial charge < -0.3 is 20.6 Å². The largest absolute Gasteiger partial charge is 0.387 e. The Morgan fingerprint density at radius 3 is 2.83 bits per heavy atom. The predicted octanol–water partition coefficient (Wildman–Crippen LogP) is 3.34. The van der Waals surface area contributed by atoms with Crippen LogP contribution < -0.4 is 15.5 Å². The molecule has 0 unspecified atom stereocenters. The van der Waals surface area contributed by atoms with Crippen molar-refractivity contribution in [3.05, 3.63) is 46.4 Å². The van der Waals surface area contributed by atoms with E-state index < -0.39 is 12.1 Å². The number of anilines is 2. The maximum atomic E-state index is 13.8. The lowest BCUT2D eigenvalue weighted by atomic mass is 10.2. The number of carbonyl (C=O) groups is 1. The van der Waals surface area contributed by atoms with Crippen LogP contribution in [0.5, 0.6) is 0 Å². The highest BCUT2D eigenvalue weighted by atomic mass is 32.1. The van der Waals surface area contributed by atoms with Gasteiger partial charge in [0.15, 0.2) is 0 Å². The minimum Gasteiger partial charge on any atom is -0.387 e. The van der Waals surface area contributed by atoms with E-state index >= 15 is 0 Å². The first-order chi connectivity index (χ1) is 11.6. The first-order valence-electron chi connectivity index (χ1n) is 7.92. The lowest BCUT2D eigenvalue weighted by Gasteiger charge is -2.19. The van der Waals surface area contributed by atoms with Gasteiger partial charge in [0.25, 0.3) is 0 Å². The second-order valence-corrected chi connectivity index (χ2v) is 6.58. The molecule has 3 N–H and O–H groups in total. The Morgan fingerprint density at radius 2 is 2.12 bits per heavy atom. The number of hydrogen-bond donors (Lipinski definition) is 3. The number of aliphatic hydroxyl groups excluding tert-OH is 1. The fourth-order valence-corrected chi connectivity index (χ4v) is 3.46. The van der Waals surface area contributed by atoms with E-state index in [1.807, 2.05) is 16.8 Å². The molecule has 1 atom stereocenters. The second kappa shape index (κ2) is 7.63. The fourth-order valence-electron chi connectivity index (χ4n) is 2.75. The van der Waals surface area contributed by atoms with E-state index in [-0.39, 0.29) is 12.4 Å². The average molecular weight is 349 g/mol.